The van der Waals surface area contributed by atoms with E-state index in [2.05, 4.69) is 15.9 Å². The molecule has 0 saturated heterocycles. The lowest BCUT2D eigenvalue weighted by Crippen LogP contribution is -2.29. The largest absolute Gasteiger partial charge is 0.456 e. The molecule has 0 aliphatic carbocycles. The standard InChI is InChI=1S/C21H19BrClNO2/c1-3-24(4-2)21(25)13-18(14-5-8-17(23)9-6-14)20-12-15-11-16(22)7-10-19(15)26-20/h5-13H,3-4H2,1-2H3/b18-13-. The van der Waals surface area contributed by atoms with E-state index in [1.165, 1.54) is 0 Å². The molecule has 2 aromatic carbocycles. The Morgan fingerprint density at radius 3 is 2.46 bits per heavy atom. The Morgan fingerprint density at radius 2 is 1.81 bits per heavy atom. The van der Waals surface area contributed by atoms with E-state index in [0.717, 1.165) is 26.6 Å². The number of fused-ring (bicyclic) bond motifs is 1. The molecule has 0 saturated carbocycles. The van der Waals surface area contributed by atoms with Gasteiger partial charge in [0.15, 0.2) is 0 Å². The van der Waals surface area contributed by atoms with Crippen molar-refractivity contribution in [3.05, 3.63) is 75.4 Å². The van der Waals surface area contributed by atoms with E-state index < -0.39 is 0 Å². The van der Waals surface area contributed by atoms with Gasteiger partial charge in [0.25, 0.3) is 0 Å². The molecule has 1 heterocycles. The van der Waals surface area contributed by atoms with Crippen LogP contribution in [0.25, 0.3) is 16.5 Å². The maximum atomic E-state index is 12.7. The van der Waals surface area contributed by atoms with Crippen LogP contribution in [0.5, 0.6) is 0 Å². The number of likely N-dealkylation sites (N-methyl/N-ethyl adjacent to an activating group) is 1. The molecule has 0 N–H and O–H groups in total. The molecule has 0 radical (unpaired) electrons. The molecule has 1 amide bonds. The van der Waals surface area contributed by atoms with Crippen LogP contribution in [0, 0.1) is 0 Å². The molecule has 3 nitrogen and oxygen atoms in total. The molecular formula is C21H19BrClNO2. The van der Waals surface area contributed by atoms with E-state index in [9.17, 15) is 4.79 Å². The van der Waals surface area contributed by atoms with Crippen molar-refractivity contribution in [2.45, 2.75) is 13.8 Å². The highest BCUT2D eigenvalue weighted by Crippen LogP contribution is 2.31. The van der Waals surface area contributed by atoms with Gasteiger partial charge in [0.2, 0.25) is 5.91 Å². The SMILES string of the molecule is CCN(CC)C(=O)/C=C(/c1ccc(Cl)cc1)c1cc2cc(Br)ccc2o1. The van der Waals surface area contributed by atoms with Crippen LogP contribution < -0.4 is 0 Å². The Kier molecular flexibility index (Phi) is 5.84. The predicted octanol–water partition coefficient (Wildman–Crippen LogP) is 6.15. The number of halogens is 2. The Labute approximate surface area is 166 Å². The number of furan rings is 1. The molecule has 0 aliphatic rings. The summed E-state index contributed by atoms with van der Waals surface area (Å²) >= 11 is 9.50. The molecular weight excluding hydrogens is 414 g/mol. The van der Waals surface area contributed by atoms with E-state index in [0.29, 0.717) is 23.9 Å². The number of hydrogen-bond acceptors (Lipinski definition) is 2. The first-order valence-electron chi connectivity index (χ1n) is 8.47. The fourth-order valence-corrected chi connectivity index (χ4v) is 3.33. The zero-order valence-electron chi connectivity index (χ0n) is 14.6. The number of nitrogens with zero attached hydrogens (tertiary/aromatic N) is 1. The van der Waals surface area contributed by atoms with Crippen LogP contribution in [0.2, 0.25) is 5.02 Å². The highest BCUT2D eigenvalue weighted by atomic mass is 79.9. The van der Waals surface area contributed by atoms with Crippen LogP contribution in [-0.4, -0.2) is 23.9 Å². The van der Waals surface area contributed by atoms with Crippen LogP contribution in [0.4, 0.5) is 0 Å². The second kappa shape index (κ2) is 8.11. The first kappa shape index (κ1) is 18.7. The topological polar surface area (TPSA) is 33.5 Å². The number of carbonyl (C=O) groups is 1. The zero-order chi connectivity index (χ0) is 18.7. The lowest BCUT2D eigenvalue weighted by molar-refractivity contribution is -0.125. The van der Waals surface area contributed by atoms with Crippen LogP contribution in [-0.2, 0) is 4.79 Å². The summed E-state index contributed by atoms with van der Waals surface area (Å²) in [4.78, 5) is 14.4. The van der Waals surface area contributed by atoms with Gasteiger partial charge in [-0.2, -0.15) is 0 Å². The summed E-state index contributed by atoms with van der Waals surface area (Å²) in [7, 11) is 0. The Balaban J connectivity index is 2.12. The molecule has 0 aliphatic heterocycles. The van der Waals surface area contributed by atoms with Crippen molar-refractivity contribution in [2.24, 2.45) is 0 Å². The summed E-state index contributed by atoms with van der Waals surface area (Å²) in [6, 6.07) is 15.2. The van der Waals surface area contributed by atoms with Gasteiger partial charge >= 0.3 is 0 Å². The maximum Gasteiger partial charge on any atom is 0.247 e. The minimum absolute atomic E-state index is 0.0402. The summed E-state index contributed by atoms with van der Waals surface area (Å²) in [5.74, 6) is 0.613. The smallest absolute Gasteiger partial charge is 0.247 e. The number of carbonyl (C=O) groups excluding carboxylic acids is 1. The number of hydrogen-bond donors (Lipinski definition) is 0. The molecule has 5 heteroatoms. The third-order valence-electron chi connectivity index (χ3n) is 4.24. The average molecular weight is 433 g/mol. The fraction of sp³-hybridized carbons (Fsp3) is 0.190. The van der Waals surface area contributed by atoms with Crippen molar-refractivity contribution >= 4 is 50.0 Å². The van der Waals surface area contributed by atoms with Gasteiger partial charge < -0.3 is 9.32 Å². The van der Waals surface area contributed by atoms with Crippen LogP contribution in [0.15, 0.2) is 63.5 Å². The van der Waals surface area contributed by atoms with Gasteiger partial charge in [0.1, 0.15) is 11.3 Å². The second-order valence-electron chi connectivity index (χ2n) is 5.87. The van der Waals surface area contributed by atoms with Gasteiger partial charge in [0.05, 0.1) is 0 Å². The van der Waals surface area contributed by atoms with Crippen molar-refractivity contribution in [1.82, 2.24) is 4.90 Å². The maximum absolute atomic E-state index is 12.7. The molecule has 3 aromatic rings. The molecule has 1 aromatic heterocycles. The molecule has 134 valence electrons. The third kappa shape index (κ3) is 4.02. The third-order valence-corrected chi connectivity index (χ3v) is 4.99. The van der Waals surface area contributed by atoms with E-state index in [-0.39, 0.29) is 5.91 Å². The van der Waals surface area contributed by atoms with Gasteiger partial charge in [-0.1, -0.05) is 39.7 Å². The first-order chi connectivity index (χ1) is 12.5. The molecule has 0 fully saturated rings. The summed E-state index contributed by atoms with van der Waals surface area (Å²) in [6.45, 7) is 5.26. The normalized spacial score (nSPS) is 11.8. The average Bonchev–Trinajstić information content (AvgIpc) is 3.04. The Hall–Kier alpha value is -2.04. The molecule has 0 spiro atoms. The van der Waals surface area contributed by atoms with Crippen LogP contribution in [0.1, 0.15) is 25.2 Å². The van der Waals surface area contributed by atoms with E-state index in [1.54, 1.807) is 11.0 Å². The first-order valence-corrected chi connectivity index (χ1v) is 9.65. The van der Waals surface area contributed by atoms with E-state index in [1.807, 2.05) is 62.4 Å². The van der Waals surface area contributed by atoms with Crippen molar-refractivity contribution in [3.8, 4) is 0 Å². The Morgan fingerprint density at radius 1 is 1.12 bits per heavy atom. The minimum Gasteiger partial charge on any atom is -0.456 e. The van der Waals surface area contributed by atoms with Crippen molar-refractivity contribution in [2.75, 3.05) is 13.1 Å². The lowest BCUT2D eigenvalue weighted by Gasteiger charge is -2.17. The van der Waals surface area contributed by atoms with Gasteiger partial charge in [0, 0.05) is 39.6 Å². The Bertz CT molecular complexity index is 956. The number of rotatable bonds is 5. The monoisotopic (exact) mass is 431 g/mol. The van der Waals surface area contributed by atoms with Crippen LogP contribution >= 0.6 is 27.5 Å². The molecule has 3 rings (SSSR count). The van der Waals surface area contributed by atoms with Gasteiger partial charge in [-0.25, -0.2) is 0 Å². The highest BCUT2D eigenvalue weighted by Gasteiger charge is 2.15. The van der Waals surface area contributed by atoms with Crippen molar-refractivity contribution < 1.29 is 9.21 Å². The van der Waals surface area contributed by atoms with E-state index >= 15 is 0 Å². The molecule has 0 atom stereocenters. The summed E-state index contributed by atoms with van der Waals surface area (Å²) < 4.78 is 7.01. The number of benzene rings is 2. The lowest BCUT2D eigenvalue weighted by atomic mass is 10.0. The van der Waals surface area contributed by atoms with E-state index in [4.69, 9.17) is 16.0 Å². The van der Waals surface area contributed by atoms with Crippen LogP contribution in [0.3, 0.4) is 0 Å². The molecule has 0 unspecified atom stereocenters. The predicted molar refractivity (Wildman–Crippen MR) is 110 cm³/mol. The van der Waals surface area contributed by atoms with Gasteiger partial charge in [-0.05, 0) is 55.8 Å². The summed E-state index contributed by atoms with van der Waals surface area (Å²) in [5, 5.41) is 1.63. The zero-order valence-corrected chi connectivity index (χ0v) is 17.0. The molecule has 26 heavy (non-hydrogen) atoms. The number of amides is 1. The minimum atomic E-state index is -0.0402. The van der Waals surface area contributed by atoms with Crippen molar-refractivity contribution in [1.29, 1.82) is 0 Å². The quantitative estimate of drug-likeness (QED) is 0.453. The second-order valence-corrected chi connectivity index (χ2v) is 7.22. The van der Waals surface area contributed by atoms with Gasteiger partial charge in [-0.15, -0.1) is 0 Å². The summed E-state index contributed by atoms with van der Waals surface area (Å²) in [6.07, 6.45) is 1.64. The van der Waals surface area contributed by atoms with Crippen molar-refractivity contribution in [3.63, 3.8) is 0 Å². The summed E-state index contributed by atoms with van der Waals surface area (Å²) in [5.41, 5.74) is 2.40. The fourth-order valence-electron chi connectivity index (χ4n) is 2.82. The highest BCUT2D eigenvalue weighted by molar-refractivity contribution is 9.10. The van der Waals surface area contributed by atoms with Gasteiger partial charge in [-0.3, -0.25) is 4.79 Å². The molecule has 0 bridgehead atoms.